The third kappa shape index (κ3) is 30.1. The molecule has 0 aromatic rings. The topological polar surface area (TPSA) is 24.1 Å². The second kappa shape index (κ2) is 39.4. The first-order valence-electron chi connectivity index (χ1n) is 14.0. The minimum atomic E-state index is 1.00. The Labute approximate surface area is 196 Å². The molecular formula is C28H68N2. The predicted octanol–water partition coefficient (Wildman–Crippen LogP) is 9.20. The van der Waals surface area contributed by atoms with Gasteiger partial charge in [-0.3, -0.25) is 0 Å². The lowest BCUT2D eigenvalue weighted by Gasteiger charge is -2.32. The Kier molecular flexibility index (Phi) is 52.9. The molecule has 2 aliphatic carbocycles. The van der Waals surface area contributed by atoms with Crippen LogP contribution in [-0.4, -0.2) is 26.7 Å². The molecule has 0 radical (unpaired) electrons. The molecular weight excluding hydrogens is 364 g/mol. The van der Waals surface area contributed by atoms with Gasteiger partial charge in [-0.15, -0.1) is 0 Å². The van der Waals surface area contributed by atoms with E-state index in [2.05, 4.69) is 31.4 Å². The van der Waals surface area contributed by atoms with Crippen LogP contribution in [0.15, 0.2) is 0 Å². The Morgan fingerprint density at radius 3 is 1.37 bits per heavy atom. The van der Waals surface area contributed by atoms with E-state index >= 15 is 0 Å². The molecule has 0 heterocycles. The van der Waals surface area contributed by atoms with Crippen LogP contribution in [0, 0.1) is 23.7 Å². The Balaban J connectivity index is -0.0000000982. The van der Waals surface area contributed by atoms with Gasteiger partial charge in [-0.2, -0.15) is 0 Å². The molecule has 0 amide bonds. The van der Waals surface area contributed by atoms with E-state index in [0.717, 1.165) is 23.7 Å². The molecule has 0 atom stereocenters. The van der Waals surface area contributed by atoms with Gasteiger partial charge in [0.05, 0.1) is 0 Å². The first-order chi connectivity index (χ1) is 14.7. The van der Waals surface area contributed by atoms with Crippen molar-refractivity contribution in [2.75, 3.05) is 26.7 Å². The van der Waals surface area contributed by atoms with Gasteiger partial charge in [-0.05, 0) is 95.3 Å². The van der Waals surface area contributed by atoms with E-state index in [-0.39, 0.29) is 0 Å². The van der Waals surface area contributed by atoms with Crippen LogP contribution in [0.5, 0.6) is 0 Å². The summed E-state index contributed by atoms with van der Waals surface area (Å²) >= 11 is 0. The minimum Gasteiger partial charge on any atom is -0.320 e. The fourth-order valence-corrected chi connectivity index (χ4v) is 3.59. The maximum Gasteiger partial charge on any atom is -0.00203 e. The van der Waals surface area contributed by atoms with Crippen molar-refractivity contribution >= 4 is 0 Å². The summed E-state index contributed by atoms with van der Waals surface area (Å²) in [5, 5.41) is 6.64. The van der Waals surface area contributed by atoms with Gasteiger partial charge >= 0.3 is 0 Å². The molecule has 0 unspecified atom stereocenters. The summed E-state index contributed by atoms with van der Waals surface area (Å²) in [6.45, 7) is 30.6. The normalized spacial score (nSPS) is 22.2. The lowest BCUT2D eigenvalue weighted by molar-refractivity contribution is 0.196. The number of hydrogen-bond donors (Lipinski definition) is 2. The summed E-state index contributed by atoms with van der Waals surface area (Å²) in [5.74, 6) is 4.11. The highest BCUT2D eigenvalue weighted by Crippen LogP contribution is 2.35. The van der Waals surface area contributed by atoms with Gasteiger partial charge < -0.3 is 10.6 Å². The summed E-state index contributed by atoms with van der Waals surface area (Å²) in [5.41, 5.74) is 0. The predicted molar refractivity (Wildman–Crippen MR) is 147 cm³/mol. The molecule has 0 saturated heterocycles. The van der Waals surface area contributed by atoms with Crippen molar-refractivity contribution in [1.82, 2.24) is 10.6 Å². The van der Waals surface area contributed by atoms with Gasteiger partial charge in [0.2, 0.25) is 0 Å². The lowest BCUT2D eigenvalue weighted by Crippen LogP contribution is -2.32. The molecule has 2 fully saturated rings. The maximum atomic E-state index is 3.46. The fraction of sp³-hybridized carbons (Fsp3) is 1.00. The van der Waals surface area contributed by atoms with Gasteiger partial charge in [-0.25, -0.2) is 0 Å². The van der Waals surface area contributed by atoms with E-state index in [4.69, 9.17) is 0 Å². The van der Waals surface area contributed by atoms with Gasteiger partial charge in [0.15, 0.2) is 0 Å². The van der Waals surface area contributed by atoms with Crippen molar-refractivity contribution in [2.45, 2.75) is 135 Å². The molecule has 0 aliphatic heterocycles. The van der Waals surface area contributed by atoms with Crippen molar-refractivity contribution in [3.8, 4) is 0 Å². The first kappa shape index (κ1) is 40.3. The summed E-state index contributed by atoms with van der Waals surface area (Å²) < 4.78 is 0. The Bertz CT molecular complexity index is 195. The van der Waals surface area contributed by atoms with Gasteiger partial charge in [0.1, 0.15) is 0 Å². The van der Waals surface area contributed by atoms with Crippen molar-refractivity contribution in [3.63, 3.8) is 0 Å². The quantitative estimate of drug-likeness (QED) is 0.373. The smallest absolute Gasteiger partial charge is 0.00203 e. The van der Waals surface area contributed by atoms with Gasteiger partial charge in [0.25, 0.3) is 0 Å². The summed E-state index contributed by atoms with van der Waals surface area (Å²) in [6.07, 6.45) is 9.97. The average molecular weight is 433 g/mol. The number of rotatable bonds is 8. The monoisotopic (exact) mass is 433 g/mol. The van der Waals surface area contributed by atoms with Crippen LogP contribution in [0.1, 0.15) is 135 Å². The zero-order valence-electron chi connectivity index (χ0n) is 24.4. The standard InChI is InChI=1S/2C9H19N.5C2H6/c1-8-6-9(7-8)4-3-5-10-2;1-3-4-10-7-9-5-8(2)6-9;5*1-2/h2*8-10H,3-7H2,1-2H3;5*1-2H3. The van der Waals surface area contributed by atoms with Crippen molar-refractivity contribution in [2.24, 2.45) is 23.7 Å². The SMILES string of the molecule is CC.CC.CC.CC.CC.CCCNCC1CC(C)C1.CNCCCC1CC(C)C1. The number of nitrogens with one attached hydrogen (secondary N) is 2. The van der Waals surface area contributed by atoms with E-state index in [1.54, 1.807) is 0 Å². The molecule has 2 rings (SSSR count). The molecule has 2 N–H and O–H groups in total. The van der Waals surface area contributed by atoms with Crippen LogP contribution >= 0.6 is 0 Å². The van der Waals surface area contributed by atoms with E-state index in [1.165, 1.54) is 64.6 Å². The fourth-order valence-electron chi connectivity index (χ4n) is 3.59. The van der Waals surface area contributed by atoms with Crippen molar-refractivity contribution in [1.29, 1.82) is 0 Å². The van der Waals surface area contributed by atoms with Crippen LogP contribution in [0.3, 0.4) is 0 Å². The molecule has 190 valence electrons. The second-order valence-electron chi connectivity index (χ2n) is 7.34. The molecule has 2 saturated carbocycles. The molecule has 2 aliphatic rings. The third-order valence-electron chi connectivity index (χ3n) is 4.84. The Hall–Kier alpha value is -0.0800. The molecule has 2 nitrogen and oxygen atoms in total. The first-order valence-corrected chi connectivity index (χ1v) is 14.0. The largest absolute Gasteiger partial charge is 0.320 e. The molecule has 30 heavy (non-hydrogen) atoms. The highest BCUT2D eigenvalue weighted by atomic mass is 14.9. The molecule has 0 aromatic heterocycles. The van der Waals surface area contributed by atoms with E-state index in [9.17, 15) is 0 Å². The lowest BCUT2D eigenvalue weighted by atomic mass is 9.74. The van der Waals surface area contributed by atoms with Crippen LogP contribution < -0.4 is 10.6 Å². The van der Waals surface area contributed by atoms with Crippen LogP contribution in [0.25, 0.3) is 0 Å². The second-order valence-corrected chi connectivity index (χ2v) is 7.34. The zero-order valence-corrected chi connectivity index (χ0v) is 24.4. The maximum absolute atomic E-state index is 3.46. The van der Waals surface area contributed by atoms with Crippen LogP contribution in [0.2, 0.25) is 0 Å². The molecule has 0 spiro atoms. The Morgan fingerprint density at radius 2 is 1.03 bits per heavy atom. The van der Waals surface area contributed by atoms with Crippen molar-refractivity contribution < 1.29 is 0 Å². The summed E-state index contributed by atoms with van der Waals surface area (Å²) in [6, 6.07) is 0. The molecule has 2 heteroatoms. The van der Waals surface area contributed by atoms with Crippen molar-refractivity contribution in [3.05, 3.63) is 0 Å². The van der Waals surface area contributed by atoms with E-state index in [0.29, 0.717) is 0 Å². The Morgan fingerprint density at radius 1 is 0.633 bits per heavy atom. The highest BCUT2D eigenvalue weighted by Gasteiger charge is 2.24. The van der Waals surface area contributed by atoms with Gasteiger partial charge in [-0.1, -0.05) is 90.0 Å². The van der Waals surface area contributed by atoms with Crippen LogP contribution in [0.4, 0.5) is 0 Å². The summed E-state index contributed by atoms with van der Waals surface area (Å²) in [4.78, 5) is 0. The minimum absolute atomic E-state index is 1.00. The summed E-state index contributed by atoms with van der Waals surface area (Å²) in [7, 11) is 2.03. The molecule has 0 aromatic carbocycles. The molecule has 0 bridgehead atoms. The number of hydrogen-bond acceptors (Lipinski definition) is 2. The van der Waals surface area contributed by atoms with E-state index in [1.807, 2.05) is 76.3 Å². The van der Waals surface area contributed by atoms with E-state index < -0.39 is 0 Å². The van der Waals surface area contributed by atoms with Crippen LogP contribution in [-0.2, 0) is 0 Å². The third-order valence-corrected chi connectivity index (χ3v) is 4.84. The average Bonchev–Trinajstić information content (AvgIpc) is 2.79. The zero-order chi connectivity index (χ0) is 24.8. The van der Waals surface area contributed by atoms with Gasteiger partial charge in [0, 0.05) is 0 Å². The highest BCUT2D eigenvalue weighted by molar-refractivity contribution is 4.77.